The van der Waals surface area contributed by atoms with Gasteiger partial charge in [0.2, 0.25) is 0 Å². The van der Waals surface area contributed by atoms with Gasteiger partial charge in [-0.2, -0.15) is 0 Å². The maximum atomic E-state index is 10.5. The monoisotopic (exact) mass is 261 g/mol. The number of hydrogen-bond donors (Lipinski definition) is 3. The molecule has 1 aliphatic carbocycles. The standard InChI is InChI=1S/C15H23N3O/c1-12-6-5-9-15(19,10-12)11-17-14(16)18-13-7-3-2-4-8-13/h2-4,7-8,12,19H,5-6,9-11H2,1H3,(H3,16,17,18). The van der Waals surface area contributed by atoms with Crippen LogP contribution in [0.5, 0.6) is 0 Å². The van der Waals surface area contributed by atoms with E-state index in [2.05, 4.69) is 17.2 Å². The van der Waals surface area contributed by atoms with Crippen molar-refractivity contribution in [3.63, 3.8) is 0 Å². The van der Waals surface area contributed by atoms with Gasteiger partial charge in [0.05, 0.1) is 12.1 Å². The summed E-state index contributed by atoms with van der Waals surface area (Å²) < 4.78 is 0. The first-order valence-electron chi connectivity index (χ1n) is 6.92. The molecule has 19 heavy (non-hydrogen) atoms. The van der Waals surface area contributed by atoms with Gasteiger partial charge in [0.15, 0.2) is 5.96 Å². The molecule has 0 radical (unpaired) electrons. The number of para-hydroxylation sites is 1. The summed E-state index contributed by atoms with van der Waals surface area (Å²) in [5.74, 6) is 0.926. The zero-order chi connectivity index (χ0) is 13.7. The third-order valence-corrected chi connectivity index (χ3v) is 3.66. The van der Waals surface area contributed by atoms with Crippen LogP contribution in [0.25, 0.3) is 0 Å². The number of rotatable bonds is 3. The highest BCUT2D eigenvalue weighted by atomic mass is 16.3. The zero-order valence-corrected chi connectivity index (χ0v) is 11.5. The number of nitrogens with one attached hydrogen (secondary N) is 1. The molecule has 4 heteroatoms. The number of guanidine groups is 1. The zero-order valence-electron chi connectivity index (χ0n) is 11.5. The highest BCUT2D eigenvalue weighted by Crippen LogP contribution is 2.32. The Bertz CT molecular complexity index is 432. The molecule has 0 spiro atoms. The predicted molar refractivity (Wildman–Crippen MR) is 79.1 cm³/mol. The van der Waals surface area contributed by atoms with Crippen LogP contribution in [0.3, 0.4) is 0 Å². The van der Waals surface area contributed by atoms with Crippen LogP contribution in [0.2, 0.25) is 0 Å². The fourth-order valence-electron chi connectivity index (χ4n) is 2.72. The summed E-state index contributed by atoms with van der Waals surface area (Å²) in [5.41, 5.74) is 6.07. The number of aliphatic hydroxyl groups is 1. The van der Waals surface area contributed by atoms with Gasteiger partial charge in [-0.1, -0.05) is 38.0 Å². The molecule has 4 nitrogen and oxygen atoms in total. The summed E-state index contributed by atoms with van der Waals surface area (Å²) >= 11 is 0. The van der Waals surface area contributed by atoms with E-state index in [4.69, 9.17) is 5.73 Å². The molecule has 1 aliphatic rings. The third-order valence-electron chi connectivity index (χ3n) is 3.66. The van der Waals surface area contributed by atoms with E-state index in [1.54, 1.807) is 0 Å². The van der Waals surface area contributed by atoms with Gasteiger partial charge < -0.3 is 16.2 Å². The smallest absolute Gasteiger partial charge is 0.193 e. The lowest BCUT2D eigenvalue weighted by atomic mass is 9.79. The van der Waals surface area contributed by atoms with Gasteiger partial charge in [-0.15, -0.1) is 0 Å². The molecule has 0 saturated heterocycles. The van der Waals surface area contributed by atoms with Crippen LogP contribution in [0, 0.1) is 5.92 Å². The van der Waals surface area contributed by atoms with Crippen molar-refractivity contribution < 1.29 is 5.11 Å². The van der Waals surface area contributed by atoms with Crippen molar-refractivity contribution in [1.82, 2.24) is 0 Å². The van der Waals surface area contributed by atoms with E-state index in [9.17, 15) is 5.11 Å². The van der Waals surface area contributed by atoms with E-state index < -0.39 is 5.60 Å². The van der Waals surface area contributed by atoms with E-state index in [0.717, 1.165) is 24.9 Å². The molecule has 2 atom stereocenters. The Balaban J connectivity index is 1.90. The highest BCUT2D eigenvalue weighted by molar-refractivity contribution is 5.92. The number of benzene rings is 1. The summed E-state index contributed by atoms with van der Waals surface area (Å²) in [6.45, 7) is 2.56. The fourth-order valence-corrected chi connectivity index (χ4v) is 2.72. The first kappa shape index (κ1) is 13.9. The van der Waals surface area contributed by atoms with Crippen LogP contribution < -0.4 is 11.1 Å². The van der Waals surface area contributed by atoms with Crippen LogP contribution in [0.15, 0.2) is 35.3 Å². The van der Waals surface area contributed by atoms with Crippen LogP contribution in [0.4, 0.5) is 5.69 Å². The molecule has 1 aromatic rings. The van der Waals surface area contributed by atoms with Crippen molar-refractivity contribution in [1.29, 1.82) is 0 Å². The Hall–Kier alpha value is -1.55. The first-order chi connectivity index (χ1) is 9.07. The van der Waals surface area contributed by atoms with E-state index >= 15 is 0 Å². The second kappa shape index (κ2) is 6.06. The molecule has 1 saturated carbocycles. The van der Waals surface area contributed by atoms with Crippen LogP contribution in [-0.2, 0) is 0 Å². The molecule has 0 aliphatic heterocycles. The Morgan fingerprint density at radius 3 is 2.89 bits per heavy atom. The Kier molecular flexibility index (Phi) is 4.43. The summed E-state index contributed by atoms with van der Waals surface area (Å²) in [6.07, 6.45) is 3.90. The third kappa shape index (κ3) is 4.24. The number of anilines is 1. The minimum atomic E-state index is -0.680. The van der Waals surface area contributed by atoms with Gasteiger partial charge in [0.1, 0.15) is 0 Å². The van der Waals surface area contributed by atoms with Gasteiger partial charge in [0.25, 0.3) is 0 Å². The highest BCUT2D eigenvalue weighted by Gasteiger charge is 2.32. The minimum Gasteiger partial charge on any atom is -0.388 e. The first-order valence-corrected chi connectivity index (χ1v) is 6.92. The Labute approximate surface area is 114 Å². The summed E-state index contributed by atoms with van der Waals surface area (Å²) in [6, 6.07) is 9.68. The number of hydrogen-bond acceptors (Lipinski definition) is 2. The predicted octanol–water partition coefficient (Wildman–Crippen LogP) is 2.35. The largest absolute Gasteiger partial charge is 0.388 e. The van der Waals surface area contributed by atoms with E-state index in [0.29, 0.717) is 18.4 Å². The molecule has 1 fully saturated rings. The van der Waals surface area contributed by atoms with Crippen LogP contribution >= 0.6 is 0 Å². The lowest BCUT2D eigenvalue weighted by molar-refractivity contribution is -0.00400. The average molecular weight is 261 g/mol. The Morgan fingerprint density at radius 2 is 2.21 bits per heavy atom. The van der Waals surface area contributed by atoms with Gasteiger partial charge in [0, 0.05) is 5.69 Å². The van der Waals surface area contributed by atoms with Crippen LogP contribution in [-0.4, -0.2) is 23.2 Å². The normalized spacial score (nSPS) is 28.1. The molecule has 0 aromatic heterocycles. The van der Waals surface area contributed by atoms with Crippen LogP contribution in [0.1, 0.15) is 32.6 Å². The molecule has 2 rings (SSSR count). The molecule has 1 aromatic carbocycles. The quantitative estimate of drug-likeness (QED) is 0.578. The summed E-state index contributed by atoms with van der Waals surface area (Å²) in [5, 5.41) is 13.5. The molecule has 4 N–H and O–H groups in total. The van der Waals surface area contributed by atoms with Crippen molar-refractivity contribution in [2.75, 3.05) is 11.9 Å². The van der Waals surface area contributed by atoms with Crippen molar-refractivity contribution >= 4 is 11.6 Å². The van der Waals surface area contributed by atoms with Crippen molar-refractivity contribution in [2.24, 2.45) is 16.6 Å². The molecule has 0 amide bonds. The van der Waals surface area contributed by atoms with Gasteiger partial charge in [-0.25, -0.2) is 0 Å². The average Bonchev–Trinajstić information content (AvgIpc) is 2.38. The molecule has 0 heterocycles. The maximum absolute atomic E-state index is 10.5. The van der Waals surface area contributed by atoms with E-state index in [1.807, 2.05) is 30.3 Å². The van der Waals surface area contributed by atoms with Gasteiger partial charge in [-0.05, 0) is 30.9 Å². The minimum absolute atomic E-state index is 0.359. The molecule has 2 unspecified atom stereocenters. The second-order valence-electron chi connectivity index (χ2n) is 5.62. The van der Waals surface area contributed by atoms with Crippen molar-refractivity contribution in [2.45, 2.75) is 38.2 Å². The van der Waals surface area contributed by atoms with E-state index in [1.165, 1.54) is 6.42 Å². The summed E-state index contributed by atoms with van der Waals surface area (Å²) in [7, 11) is 0. The molecular weight excluding hydrogens is 238 g/mol. The fraction of sp³-hybridized carbons (Fsp3) is 0.533. The lowest BCUT2D eigenvalue weighted by Crippen LogP contribution is -2.38. The Morgan fingerprint density at radius 1 is 1.47 bits per heavy atom. The number of nitrogens with two attached hydrogens (primary N) is 1. The lowest BCUT2D eigenvalue weighted by Gasteiger charge is -2.34. The molecule has 0 bridgehead atoms. The SMILES string of the molecule is CC1CCCC(O)(CN=C(N)Nc2ccccc2)C1. The van der Waals surface area contributed by atoms with Gasteiger partial charge in [-0.3, -0.25) is 4.99 Å². The molecule has 104 valence electrons. The molecular formula is C15H23N3O. The second-order valence-corrected chi connectivity index (χ2v) is 5.62. The van der Waals surface area contributed by atoms with E-state index in [-0.39, 0.29) is 0 Å². The number of nitrogens with zero attached hydrogens (tertiary/aromatic N) is 1. The van der Waals surface area contributed by atoms with Crippen molar-refractivity contribution in [3.8, 4) is 0 Å². The van der Waals surface area contributed by atoms with Gasteiger partial charge >= 0.3 is 0 Å². The topological polar surface area (TPSA) is 70.6 Å². The maximum Gasteiger partial charge on any atom is 0.193 e. The van der Waals surface area contributed by atoms with Crippen molar-refractivity contribution in [3.05, 3.63) is 30.3 Å². The summed E-state index contributed by atoms with van der Waals surface area (Å²) in [4.78, 5) is 4.28. The number of aliphatic imine (C=N–C) groups is 1.